The molecule has 156 valence electrons. The number of fused-ring (bicyclic) bond motifs is 1. The first kappa shape index (κ1) is 20.3. The minimum absolute atomic E-state index is 0.328. The number of aryl methyl sites for hydroxylation is 2. The fourth-order valence-corrected chi connectivity index (χ4v) is 5.97. The second-order valence-corrected chi connectivity index (χ2v) is 10.0. The molecule has 1 N–H and O–H groups in total. The van der Waals surface area contributed by atoms with Crippen molar-refractivity contribution in [3.63, 3.8) is 0 Å². The summed E-state index contributed by atoms with van der Waals surface area (Å²) in [7, 11) is 0.339. The maximum atomic E-state index is 13.4. The molecule has 8 heteroatoms. The maximum absolute atomic E-state index is 13.4. The number of aromatic nitrogens is 2. The Labute approximate surface area is 173 Å². The van der Waals surface area contributed by atoms with Gasteiger partial charge in [-0.25, -0.2) is 18.4 Å². The molecule has 1 fully saturated rings. The number of nitrogens with one attached hydrogen (secondary N) is 1. The maximum Gasteiger partial charge on any atom is 0.243 e. The molecular formula is C21H29N5O2S. The molecule has 2 aliphatic rings. The number of benzene rings is 1. The van der Waals surface area contributed by atoms with Crippen molar-refractivity contribution in [2.24, 2.45) is 0 Å². The second kappa shape index (κ2) is 7.66. The molecule has 1 atom stereocenters. The van der Waals surface area contributed by atoms with Gasteiger partial charge in [-0.05, 0) is 63.4 Å². The van der Waals surface area contributed by atoms with E-state index in [0.29, 0.717) is 17.3 Å². The molecule has 0 unspecified atom stereocenters. The lowest BCUT2D eigenvalue weighted by atomic mass is 10.1. The number of likely N-dealkylation sites (N-methyl/N-ethyl adjacent to an activating group) is 1. The largest absolute Gasteiger partial charge is 0.373 e. The predicted molar refractivity (Wildman–Crippen MR) is 113 cm³/mol. The molecule has 1 aromatic carbocycles. The monoisotopic (exact) mass is 415 g/mol. The summed E-state index contributed by atoms with van der Waals surface area (Å²) in [4.78, 5) is 12.2. The fourth-order valence-electron chi connectivity index (χ4n) is 4.23. The molecule has 0 radical (unpaired) electrons. The van der Waals surface area contributed by atoms with Crippen LogP contribution in [0, 0.1) is 13.8 Å². The summed E-state index contributed by atoms with van der Waals surface area (Å²) in [6, 6.07) is 5.01. The molecule has 0 bridgehead atoms. The Morgan fingerprint density at radius 2 is 1.93 bits per heavy atom. The number of hydrogen-bond donors (Lipinski definition) is 1. The third-order valence-corrected chi connectivity index (χ3v) is 8.00. The molecule has 3 heterocycles. The Bertz CT molecular complexity index is 1040. The molecule has 2 aliphatic heterocycles. The molecule has 0 spiro atoms. The van der Waals surface area contributed by atoms with Crippen molar-refractivity contribution < 1.29 is 8.42 Å². The van der Waals surface area contributed by atoms with Crippen molar-refractivity contribution in [2.75, 3.05) is 32.5 Å². The molecule has 7 nitrogen and oxygen atoms in total. The van der Waals surface area contributed by atoms with Crippen molar-refractivity contribution in [1.29, 1.82) is 0 Å². The molecule has 0 amide bonds. The molecule has 1 saturated heterocycles. The smallest absolute Gasteiger partial charge is 0.243 e. The third-order valence-electron chi connectivity index (χ3n) is 6.10. The van der Waals surface area contributed by atoms with Crippen LogP contribution in [-0.2, 0) is 23.0 Å². The Kier molecular flexibility index (Phi) is 5.35. The van der Waals surface area contributed by atoms with E-state index in [4.69, 9.17) is 9.97 Å². The molecule has 1 aromatic heterocycles. The highest BCUT2D eigenvalue weighted by Gasteiger charge is 2.38. The van der Waals surface area contributed by atoms with E-state index >= 15 is 0 Å². The van der Waals surface area contributed by atoms with Crippen LogP contribution in [0.5, 0.6) is 0 Å². The Morgan fingerprint density at radius 3 is 2.66 bits per heavy atom. The first-order chi connectivity index (χ1) is 13.8. The van der Waals surface area contributed by atoms with E-state index in [-0.39, 0.29) is 6.04 Å². The van der Waals surface area contributed by atoms with Gasteiger partial charge >= 0.3 is 0 Å². The zero-order chi connectivity index (χ0) is 20.8. The van der Waals surface area contributed by atoms with E-state index in [0.717, 1.165) is 60.6 Å². The second-order valence-electron chi connectivity index (χ2n) is 8.11. The van der Waals surface area contributed by atoms with E-state index in [1.165, 1.54) is 0 Å². The Morgan fingerprint density at radius 1 is 1.14 bits per heavy atom. The van der Waals surface area contributed by atoms with Gasteiger partial charge in [-0.15, -0.1) is 0 Å². The molecule has 0 aliphatic carbocycles. The van der Waals surface area contributed by atoms with Crippen LogP contribution in [0.4, 0.5) is 5.82 Å². The van der Waals surface area contributed by atoms with E-state index in [1.807, 2.05) is 27.0 Å². The van der Waals surface area contributed by atoms with Crippen molar-refractivity contribution >= 4 is 15.8 Å². The first-order valence-electron chi connectivity index (χ1n) is 10.2. The Balaban J connectivity index is 1.73. The van der Waals surface area contributed by atoms with E-state index in [9.17, 15) is 8.42 Å². The summed E-state index contributed by atoms with van der Waals surface area (Å²) >= 11 is 0. The van der Waals surface area contributed by atoms with Gasteiger partial charge in [0.25, 0.3) is 0 Å². The van der Waals surface area contributed by atoms with Crippen LogP contribution in [-0.4, -0.2) is 54.8 Å². The number of anilines is 1. The topological polar surface area (TPSA) is 78.4 Å². The van der Waals surface area contributed by atoms with Crippen LogP contribution in [0.1, 0.15) is 47.1 Å². The minimum atomic E-state index is -3.60. The van der Waals surface area contributed by atoms with Gasteiger partial charge in [0.05, 0.1) is 16.6 Å². The number of hydrogen-bond acceptors (Lipinski definition) is 6. The van der Waals surface area contributed by atoms with Gasteiger partial charge in [-0.2, -0.15) is 4.31 Å². The van der Waals surface area contributed by atoms with Gasteiger partial charge in [0.1, 0.15) is 11.6 Å². The van der Waals surface area contributed by atoms with Gasteiger partial charge < -0.3 is 10.2 Å². The van der Waals surface area contributed by atoms with Crippen LogP contribution in [0.2, 0.25) is 0 Å². The van der Waals surface area contributed by atoms with Gasteiger partial charge in [0.15, 0.2) is 0 Å². The zero-order valence-electron chi connectivity index (χ0n) is 17.6. The van der Waals surface area contributed by atoms with Gasteiger partial charge in [0, 0.05) is 32.2 Å². The number of nitrogens with zero attached hydrogens (tertiary/aromatic N) is 4. The summed E-state index contributed by atoms with van der Waals surface area (Å²) in [6.45, 7) is 6.16. The Hall–Kier alpha value is -2.03. The molecule has 0 saturated carbocycles. The highest BCUT2D eigenvalue weighted by atomic mass is 32.2. The average Bonchev–Trinajstić information content (AvgIpc) is 3.19. The summed E-state index contributed by atoms with van der Waals surface area (Å²) in [5.74, 6) is 1.43. The molecular weight excluding hydrogens is 386 g/mol. The highest BCUT2D eigenvalue weighted by Crippen LogP contribution is 2.37. The lowest BCUT2D eigenvalue weighted by Crippen LogP contribution is -2.33. The molecule has 29 heavy (non-hydrogen) atoms. The van der Waals surface area contributed by atoms with Crippen LogP contribution >= 0.6 is 0 Å². The number of rotatable bonds is 4. The normalized spacial score (nSPS) is 20.6. The van der Waals surface area contributed by atoms with E-state index in [1.54, 1.807) is 16.4 Å². The van der Waals surface area contributed by atoms with Gasteiger partial charge in [0.2, 0.25) is 10.0 Å². The number of sulfonamides is 1. The third kappa shape index (κ3) is 3.65. The molecule has 2 aromatic rings. The summed E-state index contributed by atoms with van der Waals surface area (Å²) in [5, 5.41) is 3.20. The van der Waals surface area contributed by atoms with Crippen molar-refractivity contribution in [1.82, 2.24) is 19.2 Å². The summed E-state index contributed by atoms with van der Waals surface area (Å²) in [6.07, 6.45) is 2.45. The average molecular weight is 416 g/mol. The first-order valence-corrected chi connectivity index (χ1v) is 11.6. The van der Waals surface area contributed by atoms with Crippen molar-refractivity contribution in [3.05, 3.63) is 46.4 Å². The summed E-state index contributed by atoms with van der Waals surface area (Å²) < 4.78 is 28.4. The van der Waals surface area contributed by atoms with Crippen LogP contribution < -0.4 is 5.32 Å². The highest BCUT2D eigenvalue weighted by molar-refractivity contribution is 7.89. The lowest BCUT2D eigenvalue weighted by Gasteiger charge is -2.28. The van der Waals surface area contributed by atoms with Crippen molar-refractivity contribution in [2.45, 2.75) is 50.6 Å². The minimum Gasteiger partial charge on any atom is -0.373 e. The zero-order valence-corrected chi connectivity index (χ0v) is 18.4. The quantitative estimate of drug-likeness (QED) is 0.827. The van der Waals surface area contributed by atoms with E-state index in [2.05, 4.69) is 17.3 Å². The van der Waals surface area contributed by atoms with E-state index < -0.39 is 10.0 Å². The van der Waals surface area contributed by atoms with Gasteiger partial charge in [-0.1, -0.05) is 6.07 Å². The SMILES string of the molecule is CNc1nc([C@@H]2CCCN2S(=O)(=O)c2ccc(C)c(C)c2)nc2c1CCN(C)C2. The van der Waals surface area contributed by atoms with Crippen LogP contribution in [0.25, 0.3) is 0 Å². The standard InChI is InChI=1S/C21H29N5O2S/c1-14-7-8-16(12-15(14)2)29(27,28)26-10-5-6-19(26)21-23-18-13-25(4)11-9-17(18)20(22-3)24-21/h7-8,12,19H,5-6,9-11,13H2,1-4H3,(H,22,23,24)/t19-/m0/s1. The predicted octanol–water partition coefficient (Wildman–Crippen LogP) is 2.65. The van der Waals surface area contributed by atoms with Crippen molar-refractivity contribution in [3.8, 4) is 0 Å². The van der Waals surface area contributed by atoms with Crippen LogP contribution in [0.3, 0.4) is 0 Å². The fraction of sp³-hybridized carbons (Fsp3) is 0.524. The summed E-state index contributed by atoms with van der Waals surface area (Å²) in [5.41, 5.74) is 4.22. The lowest BCUT2D eigenvalue weighted by molar-refractivity contribution is 0.304. The van der Waals surface area contributed by atoms with Gasteiger partial charge in [-0.3, -0.25) is 0 Å². The van der Waals surface area contributed by atoms with Crippen LogP contribution in [0.15, 0.2) is 23.1 Å². The molecule has 4 rings (SSSR count).